The van der Waals surface area contributed by atoms with Gasteiger partial charge in [0.2, 0.25) is 0 Å². The standard InChI is InChI=1S/C14H21F2N3O2/c1-2-20-8-3-6-18-14(17)19-7-9-21-11-4-5-12(15)13(16)10-11/h4-5,10H,2-3,6-9H2,1H3,(H3,17,18,19). The zero-order valence-corrected chi connectivity index (χ0v) is 12.1. The quantitative estimate of drug-likeness (QED) is 0.413. The predicted octanol–water partition coefficient (Wildman–Crippen LogP) is 1.67. The van der Waals surface area contributed by atoms with Crippen LogP contribution >= 0.6 is 0 Å². The molecular formula is C14H21F2N3O2. The van der Waals surface area contributed by atoms with Gasteiger partial charge in [0, 0.05) is 25.8 Å². The van der Waals surface area contributed by atoms with Crippen LogP contribution in [0, 0.1) is 11.6 Å². The van der Waals surface area contributed by atoms with E-state index in [0.717, 1.165) is 18.6 Å². The van der Waals surface area contributed by atoms with Crippen LogP contribution in [0.25, 0.3) is 0 Å². The van der Waals surface area contributed by atoms with Gasteiger partial charge in [0.15, 0.2) is 17.6 Å². The molecule has 0 atom stereocenters. The second-order valence-electron chi connectivity index (χ2n) is 4.17. The highest BCUT2D eigenvalue weighted by molar-refractivity contribution is 5.77. The highest BCUT2D eigenvalue weighted by Gasteiger charge is 2.02. The van der Waals surface area contributed by atoms with Crippen molar-refractivity contribution in [3.63, 3.8) is 0 Å². The van der Waals surface area contributed by atoms with E-state index in [9.17, 15) is 8.78 Å². The van der Waals surface area contributed by atoms with Gasteiger partial charge in [-0.1, -0.05) is 0 Å². The van der Waals surface area contributed by atoms with Crippen molar-refractivity contribution < 1.29 is 18.3 Å². The van der Waals surface area contributed by atoms with Crippen molar-refractivity contribution in [2.24, 2.45) is 10.7 Å². The molecule has 5 nitrogen and oxygen atoms in total. The summed E-state index contributed by atoms with van der Waals surface area (Å²) in [5.41, 5.74) is 5.64. The average molecular weight is 301 g/mol. The van der Waals surface area contributed by atoms with Crippen LogP contribution in [0.5, 0.6) is 5.75 Å². The van der Waals surface area contributed by atoms with Gasteiger partial charge in [0.05, 0.1) is 6.54 Å². The van der Waals surface area contributed by atoms with Gasteiger partial charge in [-0.3, -0.25) is 4.99 Å². The third-order valence-electron chi connectivity index (χ3n) is 2.50. The zero-order valence-electron chi connectivity index (χ0n) is 12.1. The Labute approximate surface area is 123 Å². The lowest BCUT2D eigenvalue weighted by molar-refractivity contribution is 0.146. The van der Waals surface area contributed by atoms with Crippen LogP contribution in [0.1, 0.15) is 13.3 Å². The lowest BCUT2D eigenvalue weighted by Gasteiger charge is -2.08. The van der Waals surface area contributed by atoms with E-state index in [0.29, 0.717) is 32.3 Å². The molecule has 0 fully saturated rings. The first-order valence-corrected chi connectivity index (χ1v) is 6.83. The Morgan fingerprint density at radius 1 is 1.29 bits per heavy atom. The number of guanidine groups is 1. The van der Waals surface area contributed by atoms with Crippen molar-refractivity contribution in [2.45, 2.75) is 13.3 Å². The number of halogens is 2. The van der Waals surface area contributed by atoms with Gasteiger partial charge < -0.3 is 20.5 Å². The fourth-order valence-electron chi connectivity index (χ4n) is 1.48. The molecule has 0 aliphatic carbocycles. The lowest BCUT2D eigenvalue weighted by Crippen LogP contribution is -2.34. The minimum absolute atomic E-state index is 0.264. The Morgan fingerprint density at radius 2 is 2.10 bits per heavy atom. The van der Waals surface area contributed by atoms with Crippen LogP contribution in [-0.2, 0) is 4.74 Å². The van der Waals surface area contributed by atoms with E-state index < -0.39 is 11.6 Å². The Morgan fingerprint density at radius 3 is 2.81 bits per heavy atom. The van der Waals surface area contributed by atoms with Crippen LogP contribution in [0.3, 0.4) is 0 Å². The topological polar surface area (TPSA) is 68.9 Å². The van der Waals surface area contributed by atoms with E-state index in [2.05, 4.69) is 10.3 Å². The van der Waals surface area contributed by atoms with Gasteiger partial charge >= 0.3 is 0 Å². The van der Waals surface area contributed by atoms with Gasteiger partial charge in [0.25, 0.3) is 0 Å². The van der Waals surface area contributed by atoms with Crippen molar-refractivity contribution >= 4 is 5.96 Å². The molecule has 0 aliphatic heterocycles. The number of nitrogens with zero attached hydrogens (tertiary/aromatic N) is 1. The largest absolute Gasteiger partial charge is 0.492 e. The second-order valence-corrected chi connectivity index (χ2v) is 4.17. The number of nitrogens with one attached hydrogen (secondary N) is 1. The van der Waals surface area contributed by atoms with Crippen molar-refractivity contribution in [3.8, 4) is 5.75 Å². The van der Waals surface area contributed by atoms with Crippen molar-refractivity contribution in [1.82, 2.24) is 5.32 Å². The predicted molar refractivity (Wildman–Crippen MR) is 77.5 cm³/mol. The molecule has 0 saturated heterocycles. The van der Waals surface area contributed by atoms with E-state index in [1.54, 1.807) is 0 Å². The van der Waals surface area contributed by atoms with Gasteiger partial charge in [-0.15, -0.1) is 0 Å². The second kappa shape index (κ2) is 9.93. The molecule has 0 amide bonds. The summed E-state index contributed by atoms with van der Waals surface area (Å²) >= 11 is 0. The van der Waals surface area contributed by atoms with E-state index in [1.165, 1.54) is 6.07 Å². The highest BCUT2D eigenvalue weighted by Crippen LogP contribution is 2.14. The molecule has 7 heteroatoms. The SMILES string of the molecule is CCOCCCN=C(N)NCCOc1ccc(F)c(F)c1. The fourth-order valence-corrected chi connectivity index (χ4v) is 1.48. The normalized spacial score (nSPS) is 11.5. The molecule has 3 N–H and O–H groups in total. The maximum Gasteiger partial charge on any atom is 0.188 e. The first-order valence-electron chi connectivity index (χ1n) is 6.83. The summed E-state index contributed by atoms with van der Waals surface area (Å²) in [5, 5.41) is 2.86. The Kier molecular flexibility index (Phi) is 8.11. The minimum atomic E-state index is -0.934. The fraction of sp³-hybridized carbons (Fsp3) is 0.500. The molecule has 1 aromatic carbocycles. The third-order valence-corrected chi connectivity index (χ3v) is 2.50. The molecule has 0 spiro atoms. The third kappa shape index (κ3) is 7.45. The summed E-state index contributed by atoms with van der Waals surface area (Å²) in [4.78, 5) is 4.10. The van der Waals surface area contributed by atoms with E-state index in [1.807, 2.05) is 6.92 Å². The Hall–Kier alpha value is -1.89. The van der Waals surface area contributed by atoms with Gasteiger partial charge in [-0.25, -0.2) is 8.78 Å². The number of aliphatic imine (C=N–C) groups is 1. The lowest BCUT2D eigenvalue weighted by atomic mass is 10.3. The van der Waals surface area contributed by atoms with Crippen LogP contribution in [-0.4, -0.2) is 38.9 Å². The monoisotopic (exact) mass is 301 g/mol. The smallest absolute Gasteiger partial charge is 0.188 e. The molecule has 0 heterocycles. The molecule has 1 aromatic rings. The van der Waals surface area contributed by atoms with Gasteiger partial charge in [0.1, 0.15) is 12.4 Å². The number of nitrogens with two attached hydrogens (primary N) is 1. The summed E-state index contributed by atoms with van der Waals surface area (Å²) in [5.74, 6) is -1.25. The van der Waals surface area contributed by atoms with Crippen LogP contribution in [0.2, 0.25) is 0 Å². The maximum atomic E-state index is 12.9. The first-order chi connectivity index (χ1) is 10.1. The minimum Gasteiger partial charge on any atom is -0.492 e. The number of hydrogen-bond donors (Lipinski definition) is 2. The molecule has 0 saturated carbocycles. The Balaban J connectivity index is 2.15. The summed E-state index contributed by atoms with van der Waals surface area (Å²) in [6.45, 7) is 4.56. The van der Waals surface area contributed by atoms with E-state index in [-0.39, 0.29) is 12.4 Å². The molecule has 0 unspecified atom stereocenters. The molecule has 21 heavy (non-hydrogen) atoms. The first kappa shape index (κ1) is 17.2. The van der Waals surface area contributed by atoms with Crippen LogP contribution in [0.4, 0.5) is 8.78 Å². The van der Waals surface area contributed by atoms with Gasteiger partial charge in [-0.2, -0.15) is 0 Å². The van der Waals surface area contributed by atoms with Crippen molar-refractivity contribution in [1.29, 1.82) is 0 Å². The summed E-state index contributed by atoms with van der Waals surface area (Å²) in [6, 6.07) is 3.39. The van der Waals surface area contributed by atoms with Crippen molar-refractivity contribution in [2.75, 3.05) is 32.9 Å². The summed E-state index contributed by atoms with van der Waals surface area (Å²) in [6.07, 6.45) is 0.807. The maximum absolute atomic E-state index is 12.9. The Bertz CT molecular complexity index is 456. The molecule has 118 valence electrons. The van der Waals surface area contributed by atoms with E-state index >= 15 is 0 Å². The number of ether oxygens (including phenoxy) is 2. The molecule has 0 aromatic heterocycles. The van der Waals surface area contributed by atoms with Gasteiger partial charge in [-0.05, 0) is 25.5 Å². The van der Waals surface area contributed by atoms with Crippen molar-refractivity contribution in [3.05, 3.63) is 29.8 Å². The van der Waals surface area contributed by atoms with Crippen LogP contribution in [0.15, 0.2) is 23.2 Å². The molecule has 0 aliphatic rings. The molecule has 0 radical (unpaired) electrons. The molecule has 0 bridgehead atoms. The average Bonchev–Trinajstić information content (AvgIpc) is 2.47. The van der Waals surface area contributed by atoms with Crippen LogP contribution < -0.4 is 15.8 Å². The number of benzene rings is 1. The number of hydrogen-bond acceptors (Lipinski definition) is 3. The zero-order chi connectivity index (χ0) is 15.5. The molecule has 1 rings (SSSR count). The summed E-state index contributed by atoms with van der Waals surface area (Å²) in [7, 11) is 0. The number of rotatable bonds is 9. The van der Waals surface area contributed by atoms with E-state index in [4.69, 9.17) is 15.2 Å². The molecular weight excluding hydrogens is 280 g/mol. The highest BCUT2D eigenvalue weighted by atomic mass is 19.2. The summed E-state index contributed by atoms with van der Waals surface area (Å²) < 4.78 is 36.1.